The highest BCUT2D eigenvalue weighted by molar-refractivity contribution is 7.47. The van der Waals surface area contributed by atoms with E-state index in [1.54, 1.807) is 0 Å². The van der Waals surface area contributed by atoms with Crippen LogP contribution in [0.15, 0.2) is 72.9 Å². The molecule has 57 heavy (non-hydrogen) atoms. The van der Waals surface area contributed by atoms with Crippen LogP contribution in [0.4, 0.5) is 0 Å². The molecule has 328 valence electrons. The first-order chi connectivity index (χ1) is 27.5. The third-order valence-corrected chi connectivity index (χ3v) is 9.99. The number of phosphoric acid groups is 1. The van der Waals surface area contributed by atoms with Crippen molar-refractivity contribution in [2.45, 2.75) is 168 Å². The van der Waals surface area contributed by atoms with Gasteiger partial charge in [-0.25, -0.2) is 4.57 Å². The lowest BCUT2D eigenvalue weighted by molar-refractivity contribution is -0.870. The SMILES string of the molecule is CC/C=C\C/C=C\C/C=C\C/C=C\C/C=C\C/C=C\CCCCC(=O)OC(COC(=O)CCCCCCCCCCCCCC)COP(=O)(O)OCC[N+](C)(C)C. The molecule has 0 radical (unpaired) electrons. The summed E-state index contributed by atoms with van der Waals surface area (Å²) >= 11 is 0. The molecule has 0 fully saturated rings. The summed E-state index contributed by atoms with van der Waals surface area (Å²) in [5.41, 5.74) is 0. The van der Waals surface area contributed by atoms with Gasteiger partial charge in [0.1, 0.15) is 19.8 Å². The number of esters is 2. The van der Waals surface area contributed by atoms with Crippen molar-refractivity contribution >= 4 is 19.8 Å². The number of rotatable bonds is 39. The molecule has 0 rings (SSSR count). The van der Waals surface area contributed by atoms with E-state index >= 15 is 0 Å². The lowest BCUT2D eigenvalue weighted by atomic mass is 10.0. The zero-order valence-corrected chi connectivity index (χ0v) is 37.7. The number of nitrogens with zero attached hydrogens (tertiary/aromatic N) is 1. The van der Waals surface area contributed by atoms with E-state index in [1.807, 2.05) is 21.1 Å². The van der Waals surface area contributed by atoms with Gasteiger partial charge < -0.3 is 18.9 Å². The predicted octanol–water partition coefficient (Wildman–Crippen LogP) is 12.6. The smallest absolute Gasteiger partial charge is 0.462 e. The molecule has 0 amide bonds. The fourth-order valence-corrected chi connectivity index (χ4v) is 6.29. The second-order valence-electron chi connectivity index (χ2n) is 15.7. The normalized spacial score (nSPS) is 14.3. The number of likely N-dealkylation sites (N-methyl/N-ethyl adjacent to an activating group) is 1. The summed E-state index contributed by atoms with van der Waals surface area (Å²) in [4.78, 5) is 35.3. The van der Waals surface area contributed by atoms with Crippen molar-refractivity contribution in [1.29, 1.82) is 0 Å². The van der Waals surface area contributed by atoms with E-state index in [9.17, 15) is 19.0 Å². The molecule has 2 atom stereocenters. The number of hydrogen-bond acceptors (Lipinski definition) is 7. The summed E-state index contributed by atoms with van der Waals surface area (Å²) in [6.07, 6.45) is 48.1. The van der Waals surface area contributed by atoms with E-state index in [2.05, 4.69) is 86.8 Å². The summed E-state index contributed by atoms with van der Waals surface area (Å²) < 4.78 is 34.2. The molecular formula is C47H83NO8P+. The number of allylic oxidation sites excluding steroid dienone is 12. The lowest BCUT2D eigenvalue weighted by Crippen LogP contribution is -2.37. The van der Waals surface area contributed by atoms with E-state index < -0.39 is 26.5 Å². The third kappa shape index (κ3) is 42.9. The molecule has 2 unspecified atom stereocenters. The van der Waals surface area contributed by atoms with Gasteiger partial charge in [0.15, 0.2) is 6.10 Å². The van der Waals surface area contributed by atoms with Gasteiger partial charge in [-0.3, -0.25) is 18.6 Å². The summed E-state index contributed by atoms with van der Waals surface area (Å²) in [6, 6.07) is 0. The third-order valence-electron chi connectivity index (χ3n) is 9.00. The van der Waals surface area contributed by atoms with Gasteiger partial charge in [-0.2, -0.15) is 0 Å². The van der Waals surface area contributed by atoms with E-state index in [4.69, 9.17) is 18.5 Å². The molecule has 0 aromatic carbocycles. The average Bonchev–Trinajstić information content (AvgIpc) is 3.16. The maximum absolute atomic E-state index is 12.7. The molecule has 0 aliphatic rings. The van der Waals surface area contributed by atoms with Gasteiger partial charge in [0, 0.05) is 12.8 Å². The standard InChI is InChI=1S/C47H82NO8P/c1-6-8-10-12-14-16-18-20-21-22-23-24-25-26-27-28-30-32-34-36-38-40-47(50)56-45(44-55-57(51,52)54-42-41-48(3,4)5)43-53-46(49)39-37-35-33-31-29-19-17-15-13-11-9-7-2/h8,10,14,16,20-21,23-24,26-27,30,32,45H,6-7,9,11-13,15,17-19,22,25,28-29,31,33-44H2,1-5H3/p+1/b10-8-,16-14-,21-20-,24-23-,27-26-,32-30-. The molecule has 0 aliphatic heterocycles. The van der Waals surface area contributed by atoms with Crippen LogP contribution in [-0.2, 0) is 32.7 Å². The number of hydrogen-bond donors (Lipinski definition) is 1. The van der Waals surface area contributed by atoms with Crippen LogP contribution >= 0.6 is 7.82 Å². The first-order valence-electron chi connectivity index (χ1n) is 22.2. The Morgan fingerprint density at radius 2 is 1.00 bits per heavy atom. The van der Waals surface area contributed by atoms with E-state index in [1.165, 1.54) is 57.8 Å². The van der Waals surface area contributed by atoms with Crippen LogP contribution < -0.4 is 0 Å². The molecule has 0 saturated heterocycles. The number of ether oxygens (including phenoxy) is 2. The molecule has 0 spiro atoms. The minimum Gasteiger partial charge on any atom is -0.462 e. The summed E-state index contributed by atoms with van der Waals surface area (Å²) in [5.74, 6) is -0.854. The zero-order valence-electron chi connectivity index (χ0n) is 36.8. The number of carbonyl (C=O) groups excluding carboxylic acids is 2. The maximum atomic E-state index is 12.7. The Labute approximate surface area is 348 Å². The Hall–Kier alpha value is -2.55. The van der Waals surface area contributed by atoms with Gasteiger partial charge in [-0.1, -0.05) is 157 Å². The minimum atomic E-state index is -4.39. The number of carbonyl (C=O) groups is 2. The predicted molar refractivity (Wildman–Crippen MR) is 238 cm³/mol. The number of unbranched alkanes of at least 4 members (excludes halogenated alkanes) is 13. The molecule has 0 heterocycles. The quantitative estimate of drug-likeness (QED) is 0.0215. The van der Waals surface area contributed by atoms with Crippen molar-refractivity contribution in [2.24, 2.45) is 0 Å². The van der Waals surface area contributed by atoms with E-state index in [0.29, 0.717) is 17.4 Å². The van der Waals surface area contributed by atoms with Gasteiger partial charge in [-0.15, -0.1) is 0 Å². The largest absolute Gasteiger partial charge is 0.472 e. The minimum absolute atomic E-state index is 0.0204. The van der Waals surface area contributed by atoms with Crippen molar-refractivity contribution in [3.63, 3.8) is 0 Å². The molecule has 0 aromatic rings. The monoisotopic (exact) mass is 821 g/mol. The Balaban J connectivity index is 4.45. The van der Waals surface area contributed by atoms with Gasteiger partial charge in [0.05, 0.1) is 27.7 Å². The first kappa shape index (κ1) is 54.5. The topological polar surface area (TPSA) is 108 Å². The fraction of sp³-hybridized carbons (Fsp3) is 0.702. The first-order valence-corrected chi connectivity index (χ1v) is 23.7. The summed E-state index contributed by atoms with van der Waals surface area (Å²) in [6.45, 7) is 4.24. The van der Waals surface area contributed by atoms with Crippen LogP contribution in [0.1, 0.15) is 162 Å². The van der Waals surface area contributed by atoms with Gasteiger partial charge in [0.25, 0.3) is 0 Å². The Kier molecular flexibility index (Phi) is 37.2. The highest BCUT2D eigenvalue weighted by atomic mass is 31.2. The molecule has 1 N–H and O–H groups in total. The van der Waals surface area contributed by atoms with Crippen LogP contribution in [0.25, 0.3) is 0 Å². The average molecular weight is 821 g/mol. The Morgan fingerprint density at radius 1 is 0.561 bits per heavy atom. The van der Waals surface area contributed by atoms with Crippen molar-refractivity contribution < 1.29 is 42.1 Å². The van der Waals surface area contributed by atoms with Gasteiger partial charge in [0.2, 0.25) is 0 Å². The van der Waals surface area contributed by atoms with Crippen LogP contribution in [0.5, 0.6) is 0 Å². The lowest BCUT2D eigenvalue weighted by Gasteiger charge is -2.24. The summed E-state index contributed by atoms with van der Waals surface area (Å²) in [5, 5.41) is 0. The highest BCUT2D eigenvalue weighted by Crippen LogP contribution is 2.43. The second kappa shape index (κ2) is 38.9. The Morgan fingerprint density at radius 3 is 1.49 bits per heavy atom. The van der Waals surface area contributed by atoms with Gasteiger partial charge >= 0.3 is 19.8 Å². The molecule has 10 heteroatoms. The fourth-order valence-electron chi connectivity index (χ4n) is 5.55. The molecule has 0 bridgehead atoms. The van der Waals surface area contributed by atoms with Crippen molar-refractivity contribution in [3.8, 4) is 0 Å². The van der Waals surface area contributed by atoms with E-state index in [-0.39, 0.29) is 32.0 Å². The van der Waals surface area contributed by atoms with Crippen molar-refractivity contribution in [1.82, 2.24) is 0 Å². The summed E-state index contributed by atoms with van der Waals surface area (Å²) in [7, 11) is 1.44. The molecule has 9 nitrogen and oxygen atoms in total. The number of phosphoric ester groups is 1. The molecular weight excluding hydrogens is 737 g/mol. The zero-order chi connectivity index (χ0) is 42.1. The van der Waals surface area contributed by atoms with Gasteiger partial charge in [-0.05, 0) is 64.2 Å². The van der Waals surface area contributed by atoms with Crippen LogP contribution in [-0.4, -0.2) is 74.9 Å². The molecule has 0 saturated carbocycles. The molecule has 0 aliphatic carbocycles. The Bertz CT molecular complexity index is 1200. The molecule has 0 aromatic heterocycles. The van der Waals surface area contributed by atoms with Crippen LogP contribution in [0.3, 0.4) is 0 Å². The van der Waals surface area contributed by atoms with Crippen LogP contribution in [0.2, 0.25) is 0 Å². The van der Waals surface area contributed by atoms with Crippen molar-refractivity contribution in [2.75, 3.05) is 47.5 Å². The van der Waals surface area contributed by atoms with Crippen LogP contribution in [0, 0.1) is 0 Å². The van der Waals surface area contributed by atoms with Crippen molar-refractivity contribution in [3.05, 3.63) is 72.9 Å². The second-order valence-corrected chi connectivity index (χ2v) is 17.2. The van der Waals surface area contributed by atoms with E-state index in [0.717, 1.165) is 70.6 Å². The maximum Gasteiger partial charge on any atom is 0.472 e. The highest BCUT2D eigenvalue weighted by Gasteiger charge is 2.27. The number of quaternary nitrogens is 1.